The highest BCUT2D eigenvalue weighted by Crippen LogP contribution is 2.43. The molecule has 2 N–H and O–H groups in total. The third-order valence-corrected chi connectivity index (χ3v) is 12.5. The summed E-state index contributed by atoms with van der Waals surface area (Å²) in [5.74, 6) is 0. The molecule has 0 atom stereocenters. The van der Waals surface area contributed by atoms with Crippen LogP contribution in [0.3, 0.4) is 0 Å². The van der Waals surface area contributed by atoms with Crippen molar-refractivity contribution in [2.24, 2.45) is 0 Å². The van der Waals surface area contributed by atoms with Gasteiger partial charge in [-0.05, 0) is 102 Å². The third kappa shape index (κ3) is 6.31. The van der Waals surface area contributed by atoms with Crippen LogP contribution in [-0.2, 0) is 0 Å². The van der Waals surface area contributed by atoms with Crippen LogP contribution in [0.2, 0.25) is 0 Å². The maximum absolute atomic E-state index is 9.24. The van der Waals surface area contributed by atoms with E-state index in [9.17, 15) is 10.0 Å². The standard InChI is InChI=1S/C24H13BrO2.C12H9BO3.C12H6BrIO/c25-19-11-4-10-18-22-15(7-5-13-21(22)27-24(18)19)17-9-3-8-16-14-6-1-2-12-20(14)26-23(16)17;14-13(15)10-6-3-5-9-8-4-1-2-7-11(8)16-12(9)10;13-8-4-1-3-7-11-9(14)5-2-6-10(11)15-12(7)8/h1-13H;1-7,14-15H;1-6H. The number of benzene rings is 8. The Bertz CT molecular complexity index is 3510. The molecule has 0 aliphatic carbocycles. The first-order chi connectivity index (χ1) is 28.4. The van der Waals surface area contributed by atoms with Crippen LogP contribution in [0.15, 0.2) is 184 Å². The monoisotopic (exact) mass is 996 g/mol. The first kappa shape index (κ1) is 36.9. The lowest BCUT2D eigenvalue weighted by Gasteiger charge is -2.05. The van der Waals surface area contributed by atoms with Gasteiger partial charge in [-0.1, -0.05) is 115 Å². The van der Waals surface area contributed by atoms with Crippen LogP contribution in [0, 0.1) is 3.57 Å². The van der Waals surface area contributed by atoms with Crippen LogP contribution >= 0.6 is 54.5 Å². The van der Waals surface area contributed by atoms with Gasteiger partial charge in [0, 0.05) is 57.7 Å². The molecule has 0 fully saturated rings. The molecule has 0 aliphatic heterocycles. The summed E-state index contributed by atoms with van der Waals surface area (Å²) >= 11 is 9.45. The molecule has 10 heteroatoms. The molecule has 6 nitrogen and oxygen atoms in total. The fourth-order valence-electron chi connectivity index (χ4n) is 7.74. The third-order valence-electron chi connectivity index (χ3n) is 10.3. The number of hydrogen-bond donors (Lipinski definition) is 2. The molecule has 12 aromatic rings. The molecule has 0 spiro atoms. The first-order valence-corrected chi connectivity index (χ1v) is 21.0. The van der Waals surface area contributed by atoms with E-state index in [0.717, 1.165) is 91.5 Å². The Kier molecular flexibility index (Phi) is 9.62. The average molecular weight is 998 g/mol. The van der Waals surface area contributed by atoms with Gasteiger partial charge >= 0.3 is 7.12 Å². The van der Waals surface area contributed by atoms with E-state index in [0.29, 0.717) is 11.0 Å². The first-order valence-electron chi connectivity index (χ1n) is 18.4. The topological polar surface area (TPSA) is 93.0 Å². The van der Waals surface area contributed by atoms with Crippen LogP contribution in [0.4, 0.5) is 0 Å². The van der Waals surface area contributed by atoms with Gasteiger partial charge in [-0.2, -0.15) is 0 Å². The number of hydrogen-bond acceptors (Lipinski definition) is 6. The summed E-state index contributed by atoms with van der Waals surface area (Å²) in [6.45, 7) is 0. The zero-order valence-corrected chi connectivity index (χ0v) is 35.6. The number of halogens is 3. The number of para-hydroxylation sites is 6. The Labute approximate surface area is 361 Å². The second-order valence-electron chi connectivity index (χ2n) is 13.7. The van der Waals surface area contributed by atoms with Crippen molar-refractivity contribution in [3.63, 3.8) is 0 Å². The second-order valence-corrected chi connectivity index (χ2v) is 16.6. The SMILES string of the molecule is Brc1cccc2c1oc1cccc(-c3cccc4c3oc3ccccc34)c12.Brc1cccc2c1oc1cccc(I)c12.OB(O)c1cccc2c1oc1ccccc12. The van der Waals surface area contributed by atoms with Crippen molar-refractivity contribution in [3.05, 3.63) is 170 Å². The second kappa shape index (κ2) is 15.1. The van der Waals surface area contributed by atoms with E-state index < -0.39 is 7.12 Å². The zero-order chi connectivity index (χ0) is 39.5. The predicted molar refractivity (Wildman–Crippen MR) is 252 cm³/mol. The number of rotatable bonds is 2. The Morgan fingerprint density at radius 3 is 1.47 bits per heavy atom. The summed E-state index contributed by atoms with van der Waals surface area (Å²) in [6.07, 6.45) is 0. The highest BCUT2D eigenvalue weighted by Gasteiger charge is 2.20. The van der Waals surface area contributed by atoms with Gasteiger partial charge in [0.1, 0.15) is 44.7 Å². The van der Waals surface area contributed by atoms with Crippen molar-refractivity contribution < 1.29 is 27.7 Å². The highest BCUT2D eigenvalue weighted by atomic mass is 127. The van der Waals surface area contributed by atoms with Gasteiger partial charge in [-0.25, -0.2) is 0 Å². The molecule has 0 radical (unpaired) electrons. The minimum absolute atomic E-state index is 0.397. The molecule has 4 heterocycles. The van der Waals surface area contributed by atoms with E-state index in [1.54, 1.807) is 12.1 Å². The lowest BCUT2D eigenvalue weighted by Crippen LogP contribution is -2.29. The van der Waals surface area contributed by atoms with Crippen LogP contribution in [0.5, 0.6) is 0 Å². The summed E-state index contributed by atoms with van der Waals surface area (Å²) in [4.78, 5) is 0. The van der Waals surface area contributed by atoms with Crippen molar-refractivity contribution in [2.75, 3.05) is 0 Å². The summed E-state index contributed by atoms with van der Waals surface area (Å²) < 4.78 is 27.0. The molecule has 8 aromatic carbocycles. The van der Waals surface area contributed by atoms with Gasteiger partial charge in [0.15, 0.2) is 0 Å². The van der Waals surface area contributed by atoms with Gasteiger partial charge in [0.2, 0.25) is 0 Å². The minimum atomic E-state index is -1.51. The van der Waals surface area contributed by atoms with Crippen molar-refractivity contribution in [1.29, 1.82) is 0 Å². The molecule has 0 saturated heterocycles. The highest BCUT2D eigenvalue weighted by molar-refractivity contribution is 14.1. The molecule has 280 valence electrons. The Balaban J connectivity index is 0.000000113. The van der Waals surface area contributed by atoms with Gasteiger partial charge in [-0.3, -0.25) is 0 Å². The molecule has 12 rings (SSSR count). The lowest BCUT2D eigenvalue weighted by molar-refractivity contribution is 0.425. The average Bonchev–Trinajstić information content (AvgIpc) is 4.02. The van der Waals surface area contributed by atoms with Crippen molar-refractivity contribution in [2.45, 2.75) is 0 Å². The van der Waals surface area contributed by atoms with E-state index in [1.807, 2.05) is 97.1 Å². The largest absolute Gasteiger partial charge is 0.492 e. The summed E-state index contributed by atoms with van der Waals surface area (Å²) in [5.41, 5.74) is 9.34. The molecule has 0 amide bonds. The quantitative estimate of drug-likeness (QED) is 0.132. The van der Waals surface area contributed by atoms with Crippen LogP contribution < -0.4 is 5.46 Å². The molecule has 0 unspecified atom stereocenters. The normalized spacial score (nSPS) is 11.5. The zero-order valence-electron chi connectivity index (χ0n) is 30.2. The summed E-state index contributed by atoms with van der Waals surface area (Å²) in [5, 5.41) is 27.2. The van der Waals surface area contributed by atoms with Gasteiger partial charge in [-0.15, -0.1) is 0 Å². The van der Waals surface area contributed by atoms with E-state index in [2.05, 4.69) is 103 Å². The van der Waals surface area contributed by atoms with E-state index >= 15 is 0 Å². The summed E-state index contributed by atoms with van der Waals surface area (Å²) in [6, 6.07) is 52.1. The van der Waals surface area contributed by atoms with Crippen molar-refractivity contribution in [3.8, 4) is 11.1 Å². The minimum Gasteiger partial charge on any atom is -0.456 e. The Hall–Kier alpha value is -5.37. The predicted octanol–water partition coefficient (Wildman–Crippen LogP) is 14.1. The molecule has 0 aliphatic rings. The van der Waals surface area contributed by atoms with Crippen molar-refractivity contribution in [1.82, 2.24) is 0 Å². The Morgan fingerprint density at radius 2 is 0.810 bits per heavy atom. The molecule has 0 bridgehead atoms. The molecule has 0 saturated carbocycles. The van der Waals surface area contributed by atoms with Gasteiger partial charge in [0.25, 0.3) is 0 Å². The van der Waals surface area contributed by atoms with Crippen LogP contribution in [0.1, 0.15) is 0 Å². The lowest BCUT2D eigenvalue weighted by atomic mass is 9.79. The van der Waals surface area contributed by atoms with Gasteiger partial charge in [0.05, 0.1) is 8.95 Å². The fourth-order valence-corrected chi connectivity index (χ4v) is 9.40. The number of furan rings is 4. The van der Waals surface area contributed by atoms with E-state index in [4.69, 9.17) is 17.7 Å². The number of fused-ring (bicyclic) bond motifs is 12. The molecule has 4 aromatic heterocycles. The maximum Gasteiger partial charge on any atom is 0.492 e. The van der Waals surface area contributed by atoms with Crippen molar-refractivity contribution >= 4 is 155 Å². The molecular formula is C48H28BBr2IO6. The van der Waals surface area contributed by atoms with E-state index in [-0.39, 0.29) is 0 Å². The summed E-state index contributed by atoms with van der Waals surface area (Å²) in [7, 11) is -1.51. The van der Waals surface area contributed by atoms with E-state index in [1.165, 1.54) is 14.3 Å². The fraction of sp³-hybridized carbons (Fsp3) is 0. The van der Waals surface area contributed by atoms with Crippen LogP contribution in [0.25, 0.3) is 98.9 Å². The smallest absolute Gasteiger partial charge is 0.456 e. The van der Waals surface area contributed by atoms with Crippen LogP contribution in [-0.4, -0.2) is 17.2 Å². The maximum atomic E-state index is 9.24. The van der Waals surface area contributed by atoms with Gasteiger partial charge < -0.3 is 27.7 Å². The molecule has 58 heavy (non-hydrogen) atoms. The molecular weight excluding hydrogens is 970 g/mol. The Morgan fingerprint density at radius 1 is 0.379 bits per heavy atom.